The Morgan fingerprint density at radius 3 is 2.50 bits per heavy atom. The molecule has 0 fully saturated rings. The molecule has 0 aliphatic rings. The minimum atomic E-state index is -1.06. The van der Waals surface area contributed by atoms with Crippen molar-refractivity contribution in [2.24, 2.45) is 5.73 Å². The number of hydrogen-bond donors (Lipinski definition) is 2. The highest BCUT2D eigenvalue weighted by Crippen LogP contribution is 2.22. The highest BCUT2D eigenvalue weighted by molar-refractivity contribution is 6.02. The zero-order valence-corrected chi connectivity index (χ0v) is 16.0. The van der Waals surface area contributed by atoms with Crippen molar-refractivity contribution in [3.63, 3.8) is 0 Å². The fourth-order valence-electron chi connectivity index (χ4n) is 2.73. The molecule has 6 nitrogen and oxygen atoms in total. The molecule has 0 saturated carbocycles. The number of benzene rings is 1. The summed E-state index contributed by atoms with van der Waals surface area (Å²) in [4.78, 5) is 25.1. The van der Waals surface area contributed by atoms with Crippen LogP contribution in [0.15, 0.2) is 18.2 Å². The Labute approximate surface area is 156 Å². The summed E-state index contributed by atoms with van der Waals surface area (Å²) in [5.41, 5.74) is 6.93. The van der Waals surface area contributed by atoms with Gasteiger partial charge in [-0.15, -0.1) is 0 Å². The fourth-order valence-corrected chi connectivity index (χ4v) is 2.73. The van der Waals surface area contributed by atoms with Crippen LogP contribution in [0.1, 0.15) is 61.4 Å². The number of ether oxygens (including phenoxy) is 1. The van der Waals surface area contributed by atoms with Gasteiger partial charge in [0, 0.05) is 13.7 Å². The van der Waals surface area contributed by atoms with Crippen molar-refractivity contribution < 1.29 is 19.4 Å². The van der Waals surface area contributed by atoms with Gasteiger partial charge in [-0.05, 0) is 37.1 Å². The summed E-state index contributed by atoms with van der Waals surface area (Å²) in [7, 11) is 1.57. The predicted molar refractivity (Wildman–Crippen MR) is 104 cm³/mol. The lowest BCUT2D eigenvalue weighted by atomic mass is 10.1. The molecule has 0 aliphatic heterocycles. The van der Waals surface area contributed by atoms with Crippen molar-refractivity contribution in [1.82, 2.24) is 0 Å². The second-order valence-corrected chi connectivity index (χ2v) is 6.47. The molecule has 146 valence electrons. The first kappa shape index (κ1) is 22.1. The maximum atomic E-state index is 12.3. The maximum Gasteiger partial charge on any atom is 0.337 e. The van der Waals surface area contributed by atoms with Gasteiger partial charge in [-0.25, -0.2) is 4.79 Å². The average molecular weight is 364 g/mol. The minimum Gasteiger partial charge on any atom is -0.478 e. The highest BCUT2D eigenvalue weighted by atomic mass is 16.5. The molecule has 1 rings (SSSR count). The van der Waals surface area contributed by atoms with E-state index in [1.54, 1.807) is 19.2 Å². The lowest BCUT2D eigenvalue weighted by Gasteiger charge is -2.20. The van der Waals surface area contributed by atoms with Gasteiger partial charge < -0.3 is 20.5 Å². The van der Waals surface area contributed by atoms with Gasteiger partial charge in [-0.2, -0.15) is 0 Å². The SMILES string of the molecule is CCCCCCCCOCC(=O)N(C)c1cc(CCN)ccc1C(=O)O. The van der Waals surface area contributed by atoms with E-state index in [4.69, 9.17) is 10.5 Å². The summed E-state index contributed by atoms with van der Waals surface area (Å²) >= 11 is 0. The molecule has 0 aromatic heterocycles. The van der Waals surface area contributed by atoms with Crippen molar-refractivity contribution in [2.45, 2.75) is 51.9 Å². The van der Waals surface area contributed by atoms with E-state index in [1.165, 1.54) is 36.6 Å². The molecule has 0 atom stereocenters. The third kappa shape index (κ3) is 7.54. The fraction of sp³-hybridized carbons (Fsp3) is 0.600. The van der Waals surface area contributed by atoms with Crippen molar-refractivity contribution >= 4 is 17.6 Å². The number of carbonyl (C=O) groups is 2. The van der Waals surface area contributed by atoms with Crippen LogP contribution in [-0.4, -0.2) is 43.8 Å². The van der Waals surface area contributed by atoms with E-state index >= 15 is 0 Å². The number of carboxylic acids is 1. The molecule has 1 aromatic rings. The number of nitrogens with zero attached hydrogens (tertiary/aromatic N) is 1. The zero-order chi connectivity index (χ0) is 19.4. The topological polar surface area (TPSA) is 92.9 Å². The zero-order valence-electron chi connectivity index (χ0n) is 16.0. The molecule has 0 bridgehead atoms. The number of likely N-dealkylation sites (N-methyl/N-ethyl adjacent to an activating group) is 1. The van der Waals surface area contributed by atoms with Crippen LogP contribution in [0, 0.1) is 0 Å². The molecule has 1 amide bonds. The average Bonchev–Trinajstić information content (AvgIpc) is 2.63. The largest absolute Gasteiger partial charge is 0.478 e. The summed E-state index contributed by atoms with van der Waals surface area (Å²) in [6.45, 7) is 3.15. The Morgan fingerprint density at radius 2 is 1.85 bits per heavy atom. The maximum absolute atomic E-state index is 12.3. The van der Waals surface area contributed by atoms with Crippen molar-refractivity contribution in [1.29, 1.82) is 0 Å². The summed E-state index contributed by atoms with van der Waals surface area (Å²) < 4.78 is 5.46. The second-order valence-electron chi connectivity index (χ2n) is 6.47. The summed E-state index contributed by atoms with van der Waals surface area (Å²) in [6, 6.07) is 4.96. The van der Waals surface area contributed by atoms with Crippen LogP contribution < -0.4 is 10.6 Å². The summed E-state index contributed by atoms with van der Waals surface area (Å²) in [5, 5.41) is 9.36. The molecule has 26 heavy (non-hydrogen) atoms. The Hall–Kier alpha value is -1.92. The number of amides is 1. The molecule has 0 saturated heterocycles. The van der Waals surface area contributed by atoms with E-state index in [0.29, 0.717) is 25.3 Å². The number of nitrogens with two attached hydrogens (primary N) is 1. The standard InChI is InChI=1S/C20H32N2O4/c1-3-4-5-6-7-8-13-26-15-19(23)22(2)18-14-16(11-12-21)9-10-17(18)20(24)25/h9-10,14H,3-8,11-13,15,21H2,1-2H3,(H,24,25). The smallest absolute Gasteiger partial charge is 0.337 e. The van der Waals surface area contributed by atoms with Crippen LogP contribution in [0.3, 0.4) is 0 Å². The lowest BCUT2D eigenvalue weighted by molar-refractivity contribution is -0.122. The second kappa shape index (κ2) is 12.4. The normalized spacial score (nSPS) is 10.7. The first-order valence-corrected chi connectivity index (χ1v) is 9.41. The molecule has 1 aromatic carbocycles. The molecule has 0 radical (unpaired) electrons. The Kier molecular flexibility index (Phi) is 10.6. The van der Waals surface area contributed by atoms with Crippen molar-refractivity contribution in [2.75, 3.05) is 31.7 Å². The molecule has 0 aliphatic carbocycles. The minimum absolute atomic E-state index is 0.0500. The molecular formula is C20H32N2O4. The number of unbranched alkanes of at least 4 members (excludes halogenated alkanes) is 5. The van der Waals surface area contributed by atoms with E-state index in [0.717, 1.165) is 18.4 Å². The van der Waals surface area contributed by atoms with Crippen LogP contribution >= 0.6 is 0 Å². The van der Waals surface area contributed by atoms with E-state index in [9.17, 15) is 14.7 Å². The first-order valence-electron chi connectivity index (χ1n) is 9.41. The van der Waals surface area contributed by atoms with E-state index in [1.807, 2.05) is 0 Å². The monoisotopic (exact) mass is 364 g/mol. The van der Waals surface area contributed by atoms with Crippen molar-refractivity contribution in [3.8, 4) is 0 Å². The molecule has 3 N–H and O–H groups in total. The van der Waals surface area contributed by atoms with E-state index < -0.39 is 5.97 Å². The Morgan fingerprint density at radius 1 is 1.15 bits per heavy atom. The van der Waals surface area contributed by atoms with Crippen LogP contribution in [0.2, 0.25) is 0 Å². The third-order valence-corrected chi connectivity index (χ3v) is 4.33. The molecule has 6 heteroatoms. The van der Waals surface area contributed by atoms with Crippen molar-refractivity contribution in [3.05, 3.63) is 29.3 Å². The number of rotatable bonds is 13. The van der Waals surface area contributed by atoms with Crippen LogP contribution in [0.4, 0.5) is 5.69 Å². The van der Waals surface area contributed by atoms with Gasteiger partial charge in [-0.1, -0.05) is 45.1 Å². The molecule has 0 heterocycles. The Bertz CT molecular complexity index is 575. The number of carbonyl (C=O) groups excluding carboxylic acids is 1. The van der Waals surface area contributed by atoms with Gasteiger partial charge in [0.25, 0.3) is 5.91 Å². The van der Waals surface area contributed by atoms with Gasteiger partial charge in [0.2, 0.25) is 0 Å². The number of aromatic carboxylic acids is 1. The first-order chi connectivity index (χ1) is 12.5. The molecular weight excluding hydrogens is 332 g/mol. The molecule has 0 unspecified atom stereocenters. The highest BCUT2D eigenvalue weighted by Gasteiger charge is 2.19. The summed E-state index contributed by atoms with van der Waals surface area (Å²) in [5.74, 6) is -1.32. The number of hydrogen-bond acceptors (Lipinski definition) is 4. The van der Waals surface area contributed by atoms with Gasteiger partial charge in [0.1, 0.15) is 6.61 Å². The lowest BCUT2D eigenvalue weighted by Crippen LogP contribution is -2.31. The third-order valence-electron chi connectivity index (χ3n) is 4.33. The van der Waals surface area contributed by atoms with Crippen LogP contribution in [0.5, 0.6) is 0 Å². The van der Waals surface area contributed by atoms with Gasteiger partial charge in [0.05, 0.1) is 11.3 Å². The van der Waals surface area contributed by atoms with Gasteiger partial charge in [-0.3, -0.25) is 4.79 Å². The number of carboxylic acid groups (broad SMARTS) is 1. The predicted octanol–water partition coefficient (Wildman–Crippen LogP) is 3.23. The quantitative estimate of drug-likeness (QED) is 0.524. The van der Waals surface area contributed by atoms with Gasteiger partial charge >= 0.3 is 5.97 Å². The van der Waals surface area contributed by atoms with E-state index in [2.05, 4.69) is 6.92 Å². The van der Waals surface area contributed by atoms with Crippen LogP contribution in [-0.2, 0) is 16.0 Å². The molecule has 0 spiro atoms. The number of anilines is 1. The Balaban J connectivity index is 2.53. The van der Waals surface area contributed by atoms with Gasteiger partial charge in [0.15, 0.2) is 0 Å². The van der Waals surface area contributed by atoms with Crippen LogP contribution in [0.25, 0.3) is 0 Å². The van der Waals surface area contributed by atoms with E-state index in [-0.39, 0.29) is 18.1 Å². The summed E-state index contributed by atoms with van der Waals surface area (Å²) in [6.07, 6.45) is 7.60.